The number of hydrogen-bond donors (Lipinski definition) is 1. The Morgan fingerprint density at radius 2 is 1.84 bits per heavy atom. The molecule has 0 bridgehead atoms. The summed E-state index contributed by atoms with van der Waals surface area (Å²) < 4.78 is 0. The monoisotopic (exact) mass is 455 g/mol. The summed E-state index contributed by atoms with van der Waals surface area (Å²) in [6, 6.07) is 7.71. The second kappa shape index (κ2) is 8.96. The van der Waals surface area contributed by atoms with Crippen molar-refractivity contribution in [2.75, 3.05) is 50.7 Å². The maximum absolute atomic E-state index is 13.6. The van der Waals surface area contributed by atoms with Crippen molar-refractivity contribution in [1.82, 2.24) is 19.8 Å². The van der Waals surface area contributed by atoms with E-state index in [1.54, 1.807) is 6.33 Å². The normalized spacial score (nSPS) is 24.2. The Labute approximate surface area is 194 Å². The molecular formula is C24H30ClN5O2. The van der Waals surface area contributed by atoms with Crippen LogP contribution in [0.2, 0.25) is 5.02 Å². The highest BCUT2D eigenvalue weighted by Crippen LogP contribution is 2.42. The number of amides is 1. The van der Waals surface area contributed by atoms with E-state index in [0.29, 0.717) is 24.5 Å². The minimum absolute atomic E-state index is 0.169. The summed E-state index contributed by atoms with van der Waals surface area (Å²) in [5.41, 5.74) is 2.86. The molecule has 5 rings (SSSR count). The summed E-state index contributed by atoms with van der Waals surface area (Å²) in [6.07, 6.45) is 2.94. The molecule has 3 heterocycles. The fourth-order valence-corrected chi connectivity index (χ4v) is 5.28. The van der Waals surface area contributed by atoms with E-state index in [1.165, 1.54) is 6.42 Å². The van der Waals surface area contributed by atoms with E-state index in [2.05, 4.69) is 26.7 Å². The number of fused-ring (bicyclic) bond motifs is 1. The van der Waals surface area contributed by atoms with E-state index in [0.717, 1.165) is 55.4 Å². The van der Waals surface area contributed by atoms with Crippen molar-refractivity contribution >= 4 is 23.3 Å². The Hall–Kier alpha value is -2.22. The van der Waals surface area contributed by atoms with Gasteiger partial charge in [0.05, 0.1) is 17.7 Å². The number of halogens is 1. The fourth-order valence-electron chi connectivity index (χ4n) is 5.16. The van der Waals surface area contributed by atoms with Gasteiger partial charge in [-0.25, -0.2) is 9.97 Å². The molecule has 170 valence electrons. The van der Waals surface area contributed by atoms with E-state index < -0.39 is 6.10 Å². The van der Waals surface area contributed by atoms with Crippen molar-refractivity contribution in [3.8, 4) is 0 Å². The highest BCUT2D eigenvalue weighted by atomic mass is 35.5. The third kappa shape index (κ3) is 4.09. The third-order valence-electron chi connectivity index (χ3n) is 7.13. The summed E-state index contributed by atoms with van der Waals surface area (Å²) in [5, 5.41) is 11.0. The number of piperazine rings is 1. The Bertz CT molecular complexity index is 973. The molecule has 1 aromatic heterocycles. The van der Waals surface area contributed by atoms with Gasteiger partial charge in [0, 0.05) is 43.3 Å². The highest BCUT2D eigenvalue weighted by molar-refractivity contribution is 6.30. The molecule has 2 saturated heterocycles. The second-order valence-electron chi connectivity index (χ2n) is 9.22. The Morgan fingerprint density at radius 3 is 2.50 bits per heavy atom. The number of rotatable bonds is 5. The number of nitrogens with zero attached hydrogens (tertiary/aromatic N) is 5. The van der Waals surface area contributed by atoms with Gasteiger partial charge in [-0.3, -0.25) is 4.79 Å². The predicted octanol–water partition coefficient (Wildman–Crippen LogP) is 2.81. The molecule has 1 aliphatic carbocycles. The van der Waals surface area contributed by atoms with E-state index in [1.807, 2.05) is 29.2 Å². The van der Waals surface area contributed by atoms with Gasteiger partial charge in [-0.1, -0.05) is 30.7 Å². The standard InChI is InChI=1S/C24H30ClN5O2/c1-16-13-20(31)22-21(16)23(27-15-26-22)29-9-11-30(12-10-29)24(32)19(14-28-7-2-8-28)17-3-5-18(25)6-4-17/h3-6,15-16,19-20,31H,2,7-14H2,1H3/t16-,19+,20-/m1/s1. The number of carbonyl (C=O) groups is 1. The molecule has 2 aliphatic heterocycles. The number of benzene rings is 1. The molecule has 1 N–H and O–H groups in total. The largest absolute Gasteiger partial charge is 0.387 e. The Balaban J connectivity index is 1.30. The zero-order valence-corrected chi connectivity index (χ0v) is 19.2. The number of hydrogen-bond acceptors (Lipinski definition) is 6. The number of carbonyl (C=O) groups excluding carboxylic acids is 1. The third-order valence-corrected chi connectivity index (χ3v) is 7.38. The van der Waals surface area contributed by atoms with Crippen molar-refractivity contribution in [2.45, 2.75) is 37.7 Å². The van der Waals surface area contributed by atoms with Crippen LogP contribution < -0.4 is 4.90 Å². The van der Waals surface area contributed by atoms with Crippen molar-refractivity contribution in [3.63, 3.8) is 0 Å². The maximum Gasteiger partial charge on any atom is 0.231 e. The van der Waals surface area contributed by atoms with Crippen molar-refractivity contribution in [3.05, 3.63) is 52.4 Å². The van der Waals surface area contributed by atoms with Crippen LogP contribution in [0.3, 0.4) is 0 Å². The lowest BCUT2D eigenvalue weighted by Crippen LogP contribution is -2.52. The molecule has 8 heteroatoms. The molecule has 1 amide bonds. The fraction of sp³-hybridized carbons (Fsp3) is 0.542. The summed E-state index contributed by atoms with van der Waals surface area (Å²) in [6.45, 7) is 7.80. The Kier molecular flexibility index (Phi) is 6.05. The molecule has 0 unspecified atom stereocenters. The van der Waals surface area contributed by atoms with E-state index in [9.17, 15) is 9.90 Å². The van der Waals surface area contributed by atoms with Gasteiger partial charge in [-0.2, -0.15) is 0 Å². The van der Waals surface area contributed by atoms with Gasteiger partial charge in [0.25, 0.3) is 0 Å². The molecule has 0 saturated carbocycles. The van der Waals surface area contributed by atoms with Crippen molar-refractivity contribution < 1.29 is 9.90 Å². The smallest absolute Gasteiger partial charge is 0.231 e. The second-order valence-corrected chi connectivity index (χ2v) is 9.66. The number of aromatic nitrogens is 2. The molecule has 3 aliphatic rings. The first kappa shape index (κ1) is 21.6. The molecular weight excluding hydrogens is 426 g/mol. The lowest BCUT2D eigenvalue weighted by atomic mass is 9.95. The van der Waals surface area contributed by atoms with E-state index in [4.69, 9.17) is 11.6 Å². The van der Waals surface area contributed by atoms with Gasteiger partial charge in [-0.05, 0) is 49.5 Å². The van der Waals surface area contributed by atoms with Crippen LogP contribution in [0.25, 0.3) is 0 Å². The number of likely N-dealkylation sites (tertiary alicyclic amines) is 1. The van der Waals surface area contributed by atoms with Crippen molar-refractivity contribution in [2.24, 2.45) is 0 Å². The molecule has 0 spiro atoms. The lowest BCUT2D eigenvalue weighted by molar-refractivity contribution is -0.133. The predicted molar refractivity (Wildman–Crippen MR) is 124 cm³/mol. The summed E-state index contributed by atoms with van der Waals surface area (Å²) in [5.74, 6) is 1.18. The maximum atomic E-state index is 13.6. The first-order valence-corrected chi connectivity index (χ1v) is 11.9. The first-order chi connectivity index (χ1) is 15.5. The van der Waals surface area contributed by atoms with Gasteiger partial charge in [-0.15, -0.1) is 0 Å². The highest BCUT2D eigenvalue weighted by Gasteiger charge is 2.35. The van der Waals surface area contributed by atoms with Gasteiger partial charge in [0.15, 0.2) is 0 Å². The van der Waals surface area contributed by atoms with Gasteiger partial charge >= 0.3 is 0 Å². The van der Waals surface area contributed by atoms with Crippen LogP contribution >= 0.6 is 11.6 Å². The minimum Gasteiger partial charge on any atom is -0.387 e. The Morgan fingerprint density at radius 1 is 1.12 bits per heavy atom. The quantitative estimate of drug-likeness (QED) is 0.747. The molecule has 7 nitrogen and oxygen atoms in total. The van der Waals surface area contributed by atoms with Crippen LogP contribution in [0.15, 0.2) is 30.6 Å². The summed E-state index contributed by atoms with van der Waals surface area (Å²) >= 11 is 6.09. The number of anilines is 1. The summed E-state index contributed by atoms with van der Waals surface area (Å²) in [7, 11) is 0. The molecule has 1 aromatic carbocycles. The number of aliphatic hydroxyl groups is 1. The van der Waals surface area contributed by atoms with Gasteiger partial charge in [0.2, 0.25) is 5.91 Å². The molecule has 3 atom stereocenters. The lowest BCUT2D eigenvalue weighted by Gasteiger charge is -2.39. The van der Waals surface area contributed by atoms with Crippen LogP contribution in [0.4, 0.5) is 5.82 Å². The average molecular weight is 456 g/mol. The number of aliphatic hydroxyl groups excluding tert-OH is 1. The molecule has 2 fully saturated rings. The van der Waals surface area contributed by atoms with Crippen LogP contribution in [0, 0.1) is 0 Å². The molecule has 32 heavy (non-hydrogen) atoms. The van der Waals surface area contributed by atoms with E-state index in [-0.39, 0.29) is 17.7 Å². The molecule has 2 aromatic rings. The zero-order chi connectivity index (χ0) is 22.2. The zero-order valence-electron chi connectivity index (χ0n) is 18.5. The minimum atomic E-state index is -0.508. The van der Waals surface area contributed by atoms with Crippen molar-refractivity contribution in [1.29, 1.82) is 0 Å². The summed E-state index contributed by atoms with van der Waals surface area (Å²) in [4.78, 5) is 29.0. The van der Waals surface area contributed by atoms with Gasteiger partial charge in [0.1, 0.15) is 12.1 Å². The van der Waals surface area contributed by atoms with E-state index >= 15 is 0 Å². The van der Waals surface area contributed by atoms with Crippen LogP contribution in [-0.2, 0) is 4.79 Å². The first-order valence-electron chi connectivity index (χ1n) is 11.6. The van der Waals surface area contributed by atoms with Crippen LogP contribution in [0.1, 0.15) is 54.5 Å². The topological polar surface area (TPSA) is 72.8 Å². The van der Waals surface area contributed by atoms with Gasteiger partial charge < -0.3 is 19.8 Å². The average Bonchev–Trinajstić information content (AvgIpc) is 3.07. The SMILES string of the molecule is C[C@@H]1C[C@@H](O)c2ncnc(N3CCN(C(=O)[C@@H](CN4CCC4)c4ccc(Cl)cc4)CC3)c21. The van der Waals surface area contributed by atoms with Crippen LogP contribution in [-0.4, -0.2) is 76.6 Å². The molecule has 0 radical (unpaired) electrons. The van der Waals surface area contributed by atoms with Crippen LogP contribution in [0.5, 0.6) is 0 Å².